The topological polar surface area (TPSA) is 121 Å². The van der Waals surface area contributed by atoms with E-state index < -0.39 is 16.0 Å². The molecule has 0 radical (unpaired) electrons. The molecule has 0 aromatic heterocycles. The Labute approximate surface area is 83.7 Å². The zero-order chi connectivity index (χ0) is 11.2. The number of rotatable bonds is 1. The second-order valence-corrected chi connectivity index (χ2v) is 4.33. The third kappa shape index (κ3) is 8.39. The summed E-state index contributed by atoms with van der Waals surface area (Å²) in [5.74, 6) is 0. The van der Waals surface area contributed by atoms with Crippen LogP contribution in [-0.4, -0.2) is 34.8 Å². The fourth-order valence-electron chi connectivity index (χ4n) is 1.41. The van der Waals surface area contributed by atoms with Gasteiger partial charge in [0.1, 0.15) is 0 Å². The molecule has 0 bridgehead atoms. The van der Waals surface area contributed by atoms with Crippen LogP contribution >= 0.6 is 0 Å². The maximum atomic E-state index is 9.56. The van der Waals surface area contributed by atoms with Crippen LogP contribution in [0.3, 0.4) is 0 Å². The van der Waals surface area contributed by atoms with Crippen molar-refractivity contribution >= 4 is 10.4 Å². The SMILES string of the molecule is NCC1(O)CCCCC1.O=S(=O)(O)O. The molecule has 1 aliphatic rings. The van der Waals surface area contributed by atoms with Crippen LogP contribution in [0.15, 0.2) is 0 Å². The molecule has 0 saturated heterocycles. The van der Waals surface area contributed by atoms with Crippen molar-refractivity contribution in [3.63, 3.8) is 0 Å². The monoisotopic (exact) mass is 227 g/mol. The smallest absolute Gasteiger partial charge is 0.389 e. The molecule has 5 N–H and O–H groups in total. The van der Waals surface area contributed by atoms with Crippen molar-refractivity contribution in [1.29, 1.82) is 0 Å². The van der Waals surface area contributed by atoms with E-state index in [9.17, 15) is 5.11 Å². The van der Waals surface area contributed by atoms with E-state index in [0.29, 0.717) is 6.54 Å². The first-order valence-corrected chi connectivity index (χ1v) is 5.79. The second-order valence-electron chi connectivity index (χ2n) is 3.44. The minimum absolute atomic E-state index is 0.438. The van der Waals surface area contributed by atoms with E-state index >= 15 is 0 Å². The van der Waals surface area contributed by atoms with E-state index in [2.05, 4.69) is 0 Å². The highest BCUT2D eigenvalue weighted by Crippen LogP contribution is 2.26. The number of nitrogens with two attached hydrogens (primary N) is 1. The van der Waals surface area contributed by atoms with Crippen LogP contribution < -0.4 is 5.73 Å². The van der Waals surface area contributed by atoms with Gasteiger partial charge in [-0.05, 0) is 12.8 Å². The Hall–Kier alpha value is -0.210. The Bertz CT molecular complexity index is 237. The molecule has 14 heavy (non-hydrogen) atoms. The van der Waals surface area contributed by atoms with Crippen LogP contribution in [0, 0.1) is 0 Å². The predicted octanol–water partition coefficient (Wildman–Crippen LogP) is -0.0125. The molecule has 0 amide bonds. The van der Waals surface area contributed by atoms with Crippen molar-refractivity contribution < 1.29 is 22.6 Å². The van der Waals surface area contributed by atoms with Crippen molar-refractivity contribution in [2.24, 2.45) is 5.73 Å². The second kappa shape index (κ2) is 5.62. The fourth-order valence-corrected chi connectivity index (χ4v) is 1.41. The van der Waals surface area contributed by atoms with Gasteiger partial charge >= 0.3 is 10.4 Å². The third-order valence-corrected chi connectivity index (χ3v) is 2.16. The van der Waals surface area contributed by atoms with Gasteiger partial charge in [0.15, 0.2) is 0 Å². The Morgan fingerprint density at radius 3 is 1.71 bits per heavy atom. The first-order chi connectivity index (χ1) is 6.27. The van der Waals surface area contributed by atoms with Gasteiger partial charge in [0.2, 0.25) is 0 Å². The highest BCUT2D eigenvalue weighted by molar-refractivity contribution is 7.79. The van der Waals surface area contributed by atoms with Crippen LogP contribution in [0.5, 0.6) is 0 Å². The average Bonchev–Trinajstić information content (AvgIpc) is 2.03. The van der Waals surface area contributed by atoms with Crippen LogP contribution in [0.4, 0.5) is 0 Å². The summed E-state index contributed by atoms with van der Waals surface area (Å²) in [7, 11) is -4.67. The molecule has 86 valence electrons. The molecule has 7 heteroatoms. The summed E-state index contributed by atoms with van der Waals surface area (Å²) in [6.07, 6.45) is 5.37. The summed E-state index contributed by atoms with van der Waals surface area (Å²) in [6.45, 7) is 0.438. The van der Waals surface area contributed by atoms with E-state index in [1.165, 1.54) is 6.42 Å². The number of hydrogen-bond donors (Lipinski definition) is 4. The van der Waals surface area contributed by atoms with Gasteiger partial charge in [0, 0.05) is 6.54 Å². The predicted molar refractivity (Wildman–Crippen MR) is 51.3 cm³/mol. The lowest BCUT2D eigenvalue weighted by atomic mass is 9.85. The fraction of sp³-hybridized carbons (Fsp3) is 1.00. The molecule has 0 atom stereocenters. The molecule has 6 nitrogen and oxygen atoms in total. The maximum Gasteiger partial charge on any atom is 0.394 e. The molecule has 1 fully saturated rings. The molecule has 0 unspecified atom stereocenters. The molecule has 1 rings (SSSR count). The van der Waals surface area contributed by atoms with Gasteiger partial charge in [-0.1, -0.05) is 19.3 Å². The Morgan fingerprint density at radius 1 is 1.14 bits per heavy atom. The van der Waals surface area contributed by atoms with Crippen molar-refractivity contribution in [3.8, 4) is 0 Å². The number of aliphatic hydroxyl groups is 1. The van der Waals surface area contributed by atoms with Gasteiger partial charge in [-0.3, -0.25) is 9.11 Å². The lowest BCUT2D eigenvalue weighted by molar-refractivity contribution is 0.0128. The molecular weight excluding hydrogens is 210 g/mol. The summed E-state index contributed by atoms with van der Waals surface area (Å²) >= 11 is 0. The zero-order valence-corrected chi connectivity index (χ0v) is 8.70. The summed E-state index contributed by atoms with van der Waals surface area (Å²) < 4.78 is 31.6. The van der Waals surface area contributed by atoms with Crippen molar-refractivity contribution in [1.82, 2.24) is 0 Å². The van der Waals surface area contributed by atoms with Gasteiger partial charge in [-0.2, -0.15) is 8.42 Å². The van der Waals surface area contributed by atoms with E-state index in [-0.39, 0.29) is 0 Å². The first-order valence-electron chi connectivity index (χ1n) is 4.39. The van der Waals surface area contributed by atoms with E-state index in [1.807, 2.05) is 0 Å². The van der Waals surface area contributed by atoms with Gasteiger partial charge in [0.05, 0.1) is 5.60 Å². The van der Waals surface area contributed by atoms with Gasteiger partial charge < -0.3 is 10.8 Å². The highest BCUT2D eigenvalue weighted by atomic mass is 32.3. The largest absolute Gasteiger partial charge is 0.394 e. The standard InChI is InChI=1S/C7H15NO.H2O4S/c8-6-7(9)4-2-1-3-5-7;1-5(2,3)4/h9H,1-6,8H2;(H2,1,2,3,4). The van der Waals surface area contributed by atoms with Crippen molar-refractivity contribution in [3.05, 3.63) is 0 Å². The van der Waals surface area contributed by atoms with E-state index in [0.717, 1.165) is 25.7 Å². The molecule has 1 saturated carbocycles. The van der Waals surface area contributed by atoms with Crippen molar-refractivity contribution in [2.75, 3.05) is 6.54 Å². The zero-order valence-electron chi connectivity index (χ0n) is 7.89. The lowest BCUT2D eigenvalue weighted by Gasteiger charge is -2.30. The van der Waals surface area contributed by atoms with Crippen molar-refractivity contribution in [2.45, 2.75) is 37.7 Å². The number of hydrogen-bond acceptors (Lipinski definition) is 4. The van der Waals surface area contributed by atoms with Gasteiger partial charge in [-0.25, -0.2) is 0 Å². The average molecular weight is 227 g/mol. The van der Waals surface area contributed by atoms with E-state index in [1.54, 1.807) is 0 Å². The third-order valence-electron chi connectivity index (χ3n) is 2.16. The Balaban J connectivity index is 0.000000292. The van der Waals surface area contributed by atoms with Gasteiger partial charge in [-0.15, -0.1) is 0 Å². The Morgan fingerprint density at radius 2 is 1.50 bits per heavy atom. The molecule has 0 aromatic rings. The molecule has 1 aliphatic carbocycles. The van der Waals surface area contributed by atoms with E-state index in [4.69, 9.17) is 23.3 Å². The summed E-state index contributed by atoms with van der Waals surface area (Å²) in [5, 5.41) is 9.56. The maximum absolute atomic E-state index is 9.56. The minimum atomic E-state index is -4.67. The molecule has 0 spiro atoms. The van der Waals surface area contributed by atoms with Crippen LogP contribution in [0.2, 0.25) is 0 Å². The minimum Gasteiger partial charge on any atom is -0.389 e. The molecule has 0 aliphatic heterocycles. The van der Waals surface area contributed by atoms with Crippen LogP contribution in [0.25, 0.3) is 0 Å². The lowest BCUT2D eigenvalue weighted by Crippen LogP contribution is -2.39. The highest BCUT2D eigenvalue weighted by Gasteiger charge is 2.26. The van der Waals surface area contributed by atoms with Gasteiger partial charge in [0.25, 0.3) is 0 Å². The molecule has 0 heterocycles. The molecular formula is C7H17NO5S. The molecule has 0 aromatic carbocycles. The summed E-state index contributed by atoms with van der Waals surface area (Å²) in [6, 6.07) is 0. The van der Waals surface area contributed by atoms with Crippen LogP contribution in [-0.2, 0) is 10.4 Å². The quantitative estimate of drug-likeness (QED) is 0.467. The normalized spacial score (nSPS) is 20.9. The Kier molecular flexibility index (Phi) is 5.53. The van der Waals surface area contributed by atoms with Crippen LogP contribution in [0.1, 0.15) is 32.1 Å². The summed E-state index contributed by atoms with van der Waals surface area (Å²) in [5.41, 5.74) is 4.89. The first kappa shape index (κ1) is 13.8. The summed E-state index contributed by atoms with van der Waals surface area (Å²) in [4.78, 5) is 0.